The largest absolute Gasteiger partial charge is 0.321 e. The van der Waals surface area contributed by atoms with Crippen molar-refractivity contribution in [3.8, 4) is 11.1 Å². The fourth-order valence-corrected chi connectivity index (χ4v) is 2.42. The Morgan fingerprint density at radius 2 is 1.68 bits per heavy atom. The van der Waals surface area contributed by atoms with Crippen molar-refractivity contribution in [2.75, 3.05) is 0 Å². The fraction of sp³-hybridized carbons (Fsp3) is 0. The first-order valence-corrected chi connectivity index (χ1v) is 6.47. The van der Waals surface area contributed by atoms with Gasteiger partial charge in [0.25, 0.3) is 5.56 Å². The van der Waals surface area contributed by atoms with E-state index in [0.29, 0.717) is 15.6 Å². The second-order valence-corrected chi connectivity index (χ2v) is 5.13. The summed E-state index contributed by atoms with van der Waals surface area (Å²) in [4.78, 5) is 14.9. The van der Waals surface area contributed by atoms with Crippen LogP contribution in [0.4, 0.5) is 0 Å². The summed E-state index contributed by atoms with van der Waals surface area (Å²) in [7, 11) is 0. The number of aromatic amines is 1. The van der Waals surface area contributed by atoms with E-state index >= 15 is 0 Å². The third-order valence-corrected chi connectivity index (χ3v) is 3.41. The van der Waals surface area contributed by atoms with E-state index < -0.39 is 0 Å². The lowest BCUT2D eigenvalue weighted by atomic mass is 10.1. The molecular weight excluding hydrogens is 281 g/mol. The van der Waals surface area contributed by atoms with Gasteiger partial charge in [-0.05, 0) is 42.0 Å². The number of benzene rings is 2. The molecule has 0 fully saturated rings. The van der Waals surface area contributed by atoms with Gasteiger partial charge in [0.05, 0.1) is 0 Å². The van der Waals surface area contributed by atoms with E-state index in [1.807, 2.05) is 24.3 Å². The van der Waals surface area contributed by atoms with Crippen LogP contribution in [0, 0.1) is 0 Å². The summed E-state index contributed by atoms with van der Waals surface area (Å²) in [5.41, 5.74) is 1.99. The lowest BCUT2D eigenvalue weighted by molar-refractivity contribution is 1.31. The van der Waals surface area contributed by atoms with Gasteiger partial charge in [0.1, 0.15) is 0 Å². The summed E-state index contributed by atoms with van der Waals surface area (Å²) >= 11 is 11.9. The summed E-state index contributed by atoms with van der Waals surface area (Å²) in [6, 6.07) is 14.4. The second-order valence-electron chi connectivity index (χ2n) is 4.25. The molecule has 0 saturated heterocycles. The molecule has 0 aliphatic rings. The molecule has 19 heavy (non-hydrogen) atoms. The highest BCUT2D eigenvalue weighted by Crippen LogP contribution is 2.23. The number of hydrogen-bond acceptors (Lipinski definition) is 1. The molecule has 1 heterocycles. The number of nitrogens with one attached hydrogen (secondary N) is 1. The summed E-state index contributed by atoms with van der Waals surface area (Å²) < 4.78 is 0. The summed E-state index contributed by atoms with van der Waals surface area (Å²) in [5, 5.41) is 2.13. The van der Waals surface area contributed by atoms with Gasteiger partial charge in [-0.1, -0.05) is 35.3 Å². The maximum atomic E-state index is 12.1. The van der Waals surface area contributed by atoms with Crippen LogP contribution in [0.1, 0.15) is 0 Å². The standard InChI is InChI=1S/C15H9Cl2NO/c16-11-3-1-2-9(6-11)13-8-10-7-12(17)4-5-14(10)18-15(13)19/h1-8H,(H,18,19). The average Bonchev–Trinajstić information content (AvgIpc) is 2.38. The molecule has 0 amide bonds. The molecule has 3 rings (SSSR count). The van der Waals surface area contributed by atoms with E-state index in [4.69, 9.17) is 23.2 Å². The molecule has 2 nitrogen and oxygen atoms in total. The van der Waals surface area contributed by atoms with Gasteiger partial charge in [0.15, 0.2) is 0 Å². The van der Waals surface area contributed by atoms with Crippen molar-refractivity contribution in [2.24, 2.45) is 0 Å². The van der Waals surface area contributed by atoms with E-state index in [9.17, 15) is 4.79 Å². The van der Waals surface area contributed by atoms with Crippen LogP contribution in [0.2, 0.25) is 10.0 Å². The smallest absolute Gasteiger partial charge is 0.256 e. The number of halogens is 2. The van der Waals surface area contributed by atoms with Crippen molar-refractivity contribution in [3.05, 3.63) is 68.9 Å². The van der Waals surface area contributed by atoms with E-state index in [1.54, 1.807) is 24.3 Å². The fourth-order valence-electron chi connectivity index (χ4n) is 2.05. The minimum absolute atomic E-state index is 0.142. The van der Waals surface area contributed by atoms with Gasteiger partial charge in [-0.25, -0.2) is 0 Å². The zero-order valence-corrected chi connectivity index (χ0v) is 11.3. The molecule has 1 aromatic heterocycles. The van der Waals surface area contributed by atoms with Gasteiger partial charge in [0.2, 0.25) is 0 Å². The highest BCUT2D eigenvalue weighted by molar-refractivity contribution is 6.31. The number of rotatable bonds is 1. The Kier molecular flexibility index (Phi) is 3.05. The molecule has 0 bridgehead atoms. The third kappa shape index (κ3) is 2.37. The monoisotopic (exact) mass is 289 g/mol. The van der Waals surface area contributed by atoms with Crippen LogP contribution in [0.15, 0.2) is 53.3 Å². The number of H-pyrrole nitrogens is 1. The molecule has 0 spiro atoms. The van der Waals surface area contributed by atoms with Gasteiger partial charge in [-0.15, -0.1) is 0 Å². The highest BCUT2D eigenvalue weighted by atomic mass is 35.5. The molecule has 3 aromatic rings. The van der Waals surface area contributed by atoms with Gasteiger partial charge in [-0.3, -0.25) is 4.79 Å². The summed E-state index contributed by atoms with van der Waals surface area (Å²) in [6.45, 7) is 0. The SMILES string of the molecule is O=c1[nH]c2ccc(Cl)cc2cc1-c1cccc(Cl)c1. The van der Waals surface area contributed by atoms with Crippen LogP contribution in [-0.2, 0) is 0 Å². The third-order valence-electron chi connectivity index (χ3n) is 2.94. The van der Waals surface area contributed by atoms with Crippen LogP contribution in [0.5, 0.6) is 0 Å². The van der Waals surface area contributed by atoms with Gasteiger partial charge in [0, 0.05) is 26.5 Å². The highest BCUT2D eigenvalue weighted by Gasteiger charge is 2.06. The molecule has 4 heteroatoms. The molecule has 0 radical (unpaired) electrons. The second kappa shape index (κ2) is 4.72. The maximum Gasteiger partial charge on any atom is 0.256 e. The lowest BCUT2D eigenvalue weighted by Gasteiger charge is -2.04. The lowest BCUT2D eigenvalue weighted by Crippen LogP contribution is -2.08. The molecular formula is C15H9Cl2NO. The van der Waals surface area contributed by atoms with Gasteiger partial charge < -0.3 is 4.98 Å². The zero-order chi connectivity index (χ0) is 13.4. The Bertz CT molecular complexity index is 824. The predicted octanol–water partition coefficient (Wildman–Crippen LogP) is 4.50. The van der Waals surface area contributed by atoms with E-state index in [1.165, 1.54) is 0 Å². The molecule has 1 N–H and O–H groups in total. The van der Waals surface area contributed by atoms with Crippen molar-refractivity contribution in [1.29, 1.82) is 0 Å². The van der Waals surface area contributed by atoms with Crippen LogP contribution in [0.3, 0.4) is 0 Å². The Morgan fingerprint density at radius 3 is 2.47 bits per heavy atom. The minimum Gasteiger partial charge on any atom is -0.321 e. The molecule has 0 atom stereocenters. The van der Waals surface area contributed by atoms with Crippen molar-refractivity contribution in [3.63, 3.8) is 0 Å². The van der Waals surface area contributed by atoms with Crippen molar-refractivity contribution in [2.45, 2.75) is 0 Å². The minimum atomic E-state index is -0.142. The topological polar surface area (TPSA) is 32.9 Å². The number of aromatic nitrogens is 1. The van der Waals surface area contributed by atoms with E-state index in [2.05, 4.69) is 4.98 Å². The molecule has 2 aromatic carbocycles. The maximum absolute atomic E-state index is 12.1. The van der Waals surface area contributed by atoms with Crippen molar-refractivity contribution >= 4 is 34.1 Å². The van der Waals surface area contributed by atoms with Crippen LogP contribution >= 0.6 is 23.2 Å². The first kappa shape index (κ1) is 12.3. The average molecular weight is 290 g/mol. The van der Waals surface area contributed by atoms with Crippen LogP contribution < -0.4 is 5.56 Å². The zero-order valence-electron chi connectivity index (χ0n) is 9.78. The molecule has 0 aliphatic heterocycles. The van der Waals surface area contributed by atoms with Crippen molar-refractivity contribution in [1.82, 2.24) is 4.98 Å². The van der Waals surface area contributed by atoms with Crippen LogP contribution in [0.25, 0.3) is 22.0 Å². The van der Waals surface area contributed by atoms with Crippen LogP contribution in [-0.4, -0.2) is 4.98 Å². The molecule has 0 unspecified atom stereocenters. The Hall–Kier alpha value is -1.77. The Morgan fingerprint density at radius 1 is 0.895 bits per heavy atom. The number of pyridine rings is 1. The quantitative estimate of drug-likeness (QED) is 0.703. The summed E-state index contributed by atoms with van der Waals surface area (Å²) in [5.74, 6) is 0. The molecule has 0 saturated carbocycles. The predicted molar refractivity (Wildman–Crippen MR) is 80.0 cm³/mol. The number of hydrogen-bond donors (Lipinski definition) is 1. The Balaban J connectivity index is 2.29. The Labute approximate surface area is 119 Å². The molecule has 0 aliphatic carbocycles. The van der Waals surface area contributed by atoms with E-state index in [-0.39, 0.29) is 5.56 Å². The first-order valence-electron chi connectivity index (χ1n) is 5.72. The number of fused-ring (bicyclic) bond motifs is 1. The normalized spacial score (nSPS) is 10.8. The van der Waals surface area contributed by atoms with Crippen molar-refractivity contribution < 1.29 is 0 Å². The van der Waals surface area contributed by atoms with Gasteiger partial charge >= 0.3 is 0 Å². The summed E-state index contributed by atoms with van der Waals surface area (Å²) in [6.07, 6.45) is 0. The van der Waals surface area contributed by atoms with E-state index in [0.717, 1.165) is 16.5 Å². The first-order chi connectivity index (χ1) is 9.13. The van der Waals surface area contributed by atoms with Gasteiger partial charge in [-0.2, -0.15) is 0 Å². The molecule has 94 valence electrons.